The van der Waals surface area contributed by atoms with Crippen LogP contribution in [-0.4, -0.2) is 20.6 Å². The second-order valence-electron chi connectivity index (χ2n) is 4.43. The SMILES string of the molecule is Cc1noc(CNC(=O)Cn2c(=O)oc3ccccc32)n1. The molecule has 1 aromatic carbocycles. The number of hydrogen-bond acceptors (Lipinski definition) is 6. The van der Waals surface area contributed by atoms with Crippen LogP contribution in [0.2, 0.25) is 0 Å². The fourth-order valence-electron chi connectivity index (χ4n) is 1.95. The van der Waals surface area contributed by atoms with Gasteiger partial charge in [-0.2, -0.15) is 4.98 Å². The Bertz CT molecular complexity index is 845. The van der Waals surface area contributed by atoms with Gasteiger partial charge in [0.2, 0.25) is 11.8 Å². The van der Waals surface area contributed by atoms with E-state index in [0.717, 1.165) is 0 Å². The number of oxazole rings is 1. The number of carbonyl (C=O) groups is 1. The molecule has 0 aliphatic rings. The summed E-state index contributed by atoms with van der Waals surface area (Å²) in [6.07, 6.45) is 0. The third kappa shape index (κ3) is 2.69. The van der Waals surface area contributed by atoms with Crippen molar-refractivity contribution in [3.63, 3.8) is 0 Å². The average Bonchev–Trinajstić information content (AvgIpc) is 3.01. The van der Waals surface area contributed by atoms with Crippen LogP contribution in [0.5, 0.6) is 0 Å². The normalized spacial score (nSPS) is 10.9. The molecule has 0 atom stereocenters. The van der Waals surface area contributed by atoms with E-state index in [9.17, 15) is 9.59 Å². The second kappa shape index (κ2) is 5.23. The molecule has 0 bridgehead atoms. The molecular weight excluding hydrogens is 276 g/mol. The zero-order valence-corrected chi connectivity index (χ0v) is 11.2. The Morgan fingerprint density at radius 3 is 2.95 bits per heavy atom. The highest BCUT2D eigenvalue weighted by Crippen LogP contribution is 2.11. The number of hydrogen-bond donors (Lipinski definition) is 1. The molecule has 0 aliphatic heterocycles. The Morgan fingerprint density at radius 1 is 1.38 bits per heavy atom. The van der Waals surface area contributed by atoms with Crippen molar-refractivity contribution in [2.24, 2.45) is 0 Å². The number of para-hydroxylation sites is 2. The maximum atomic E-state index is 11.9. The van der Waals surface area contributed by atoms with Crippen LogP contribution in [0.15, 0.2) is 38.0 Å². The van der Waals surface area contributed by atoms with E-state index < -0.39 is 5.76 Å². The third-order valence-corrected chi connectivity index (χ3v) is 2.88. The minimum Gasteiger partial charge on any atom is -0.408 e. The predicted octanol–water partition coefficient (Wildman–Crippen LogP) is 0.602. The minimum absolute atomic E-state index is 0.115. The molecule has 0 fully saturated rings. The summed E-state index contributed by atoms with van der Waals surface area (Å²) in [4.78, 5) is 27.6. The highest BCUT2D eigenvalue weighted by molar-refractivity contribution is 5.79. The standard InChI is InChI=1S/C13H12N4O4/c1-8-15-12(21-16-8)6-14-11(18)7-17-9-4-2-3-5-10(9)20-13(17)19/h2-5H,6-7H2,1H3,(H,14,18). The lowest BCUT2D eigenvalue weighted by Crippen LogP contribution is -2.30. The van der Waals surface area contributed by atoms with Gasteiger partial charge in [-0.1, -0.05) is 17.3 Å². The van der Waals surface area contributed by atoms with Crippen LogP contribution in [0.1, 0.15) is 11.7 Å². The van der Waals surface area contributed by atoms with E-state index in [2.05, 4.69) is 15.5 Å². The first-order valence-corrected chi connectivity index (χ1v) is 6.28. The molecule has 108 valence electrons. The van der Waals surface area contributed by atoms with Gasteiger partial charge in [-0.15, -0.1) is 0 Å². The molecule has 0 radical (unpaired) electrons. The number of nitrogens with one attached hydrogen (secondary N) is 1. The number of aryl methyl sites for hydroxylation is 1. The molecule has 0 saturated carbocycles. The Hall–Kier alpha value is -2.90. The third-order valence-electron chi connectivity index (χ3n) is 2.88. The number of aromatic nitrogens is 3. The Morgan fingerprint density at radius 2 is 2.19 bits per heavy atom. The lowest BCUT2D eigenvalue weighted by atomic mass is 10.3. The van der Waals surface area contributed by atoms with E-state index in [1.807, 2.05) is 0 Å². The largest absolute Gasteiger partial charge is 0.420 e. The highest BCUT2D eigenvalue weighted by atomic mass is 16.5. The van der Waals surface area contributed by atoms with Crippen molar-refractivity contribution in [3.8, 4) is 0 Å². The van der Waals surface area contributed by atoms with E-state index >= 15 is 0 Å². The van der Waals surface area contributed by atoms with Crippen molar-refractivity contribution in [1.29, 1.82) is 0 Å². The van der Waals surface area contributed by atoms with Crippen LogP contribution >= 0.6 is 0 Å². The first kappa shape index (κ1) is 13.1. The van der Waals surface area contributed by atoms with Crippen LogP contribution in [0.3, 0.4) is 0 Å². The Balaban J connectivity index is 1.71. The van der Waals surface area contributed by atoms with E-state index in [1.54, 1.807) is 31.2 Å². The van der Waals surface area contributed by atoms with Crippen molar-refractivity contribution in [1.82, 2.24) is 20.0 Å². The minimum atomic E-state index is -0.569. The molecule has 0 saturated heterocycles. The molecule has 1 N–H and O–H groups in total. The zero-order valence-electron chi connectivity index (χ0n) is 11.2. The van der Waals surface area contributed by atoms with Crippen LogP contribution in [0.4, 0.5) is 0 Å². The van der Waals surface area contributed by atoms with Crippen molar-refractivity contribution < 1.29 is 13.7 Å². The van der Waals surface area contributed by atoms with Crippen LogP contribution in [0.25, 0.3) is 11.1 Å². The molecule has 0 aliphatic carbocycles. The first-order valence-electron chi connectivity index (χ1n) is 6.28. The number of benzene rings is 1. The van der Waals surface area contributed by atoms with Crippen molar-refractivity contribution >= 4 is 17.0 Å². The molecule has 2 aromatic heterocycles. The Kier molecular flexibility index (Phi) is 3.27. The topological polar surface area (TPSA) is 103 Å². The van der Waals surface area contributed by atoms with Gasteiger partial charge >= 0.3 is 5.76 Å². The van der Waals surface area contributed by atoms with Crippen LogP contribution < -0.4 is 11.1 Å². The van der Waals surface area contributed by atoms with Gasteiger partial charge in [0, 0.05) is 0 Å². The number of amides is 1. The number of rotatable bonds is 4. The number of carbonyl (C=O) groups excluding carboxylic acids is 1. The van der Waals surface area contributed by atoms with Gasteiger partial charge in [-0.05, 0) is 19.1 Å². The van der Waals surface area contributed by atoms with Gasteiger partial charge in [0.15, 0.2) is 11.4 Å². The fraction of sp³-hybridized carbons (Fsp3) is 0.231. The molecule has 3 rings (SSSR count). The quantitative estimate of drug-likeness (QED) is 0.754. The number of fused-ring (bicyclic) bond motifs is 1. The zero-order chi connectivity index (χ0) is 14.8. The summed E-state index contributed by atoms with van der Waals surface area (Å²) in [5.41, 5.74) is 1.02. The summed E-state index contributed by atoms with van der Waals surface area (Å²) < 4.78 is 11.2. The van der Waals surface area contributed by atoms with E-state index in [-0.39, 0.29) is 19.0 Å². The van der Waals surface area contributed by atoms with Gasteiger partial charge in [0.25, 0.3) is 0 Å². The second-order valence-corrected chi connectivity index (χ2v) is 4.43. The maximum Gasteiger partial charge on any atom is 0.420 e. The van der Waals surface area contributed by atoms with E-state index in [1.165, 1.54) is 4.57 Å². The monoisotopic (exact) mass is 288 g/mol. The van der Waals surface area contributed by atoms with E-state index in [0.29, 0.717) is 22.8 Å². The van der Waals surface area contributed by atoms with Gasteiger partial charge in [-0.3, -0.25) is 9.36 Å². The summed E-state index contributed by atoms with van der Waals surface area (Å²) >= 11 is 0. The lowest BCUT2D eigenvalue weighted by Gasteiger charge is -2.03. The smallest absolute Gasteiger partial charge is 0.408 e. The van der Waals surface area contributed by atoms with Crippen molar-refractivity contribution in [2.45, 2.75) is 20.0 Å². The van der Waals surface area contributed by atoms with Crippen molar-refractivity contribution in [2.75, 3.05) is 0 Å². The van der Waals surface area contributed by atoms with Gasteiger partial charge < -0.3 is 14.3 Å². The average molecular weight is 288 g/mol. The molecule has 3 aromatic rings. The van der Waals surface area contributed by atoms with Crippen LogP contribution in [-0.2, 0) is 17.9 Å². The molecule has 0 unspecified atom stereocenters. The maximum absolute atomic E-state index is 11.9. The summed E-state index contributed by atoms with van der Waals surface area (Å²) in [5.74, 6) is -0.110. The van der Waals surface area contributed by atoms with Crippen molar-refractivity contribution in [3.05, 3.63) is 46.5 Å². The first-order chi connectivity index (χ1) is 10.1. The molecule has 21 heavy (non-hydrogen) atoms. The highest BCUT2D eigenvalue weighted by Gasteiger charge is 2.12. The van der Waals surface area contributed by atoms with Gasteiger partial charge in [-0.25, -0.2) is 4.79 Å². The summed E-state index contributed by atoms with van der Waals surface area (Å²) in [6.45, 7) is 1.67. The Labute approximate surface area is 118 Å². The molecule has 8 heteroatoms. The molecule has 0 spiro atoms. The van der Waals surface area contributed by atoms with Gasteiger partial charge in [0.05, 0.1) is 12.1 Å². The molecule has 1 amide bonds. The lowest BCUT2D eigenvalue weighted by molar-refractivity contribution is -0.122. The summed E-state index contributed by atoms with van der Waals surface area (Å²) in [7, 11) is 0. The summed E-state index contributed by atoms with van der Waals surface area (Å²) in [5, 5.41) is 6.22. The molecular formula is C13H12N4O4. The fourth-order valence-corrected chi connectivity index (χ4v) is 1.95. The van der Waals surface area contributed by atoms with Gasteiger partial charge in [0.1, 0.15) is 6.54 Å². The molecule has 2 heterocycles. The summed E-state index contributed by atoms with van der Waals surface area (Å²) in [6, 6.07) is 6.92. The van der Waals surface area contributed by atoms with E-state index in [4.69, 9.17) is 8.94 Å². The number of nitrogens with zero attached hydrogens (tertiary/aromatic N) is 3. The molecule has 8 nitrogen and oxygen atoms in total. The predicted molar refractivity (Wildman–Crippen MR) is 71.4 cm³/mol. The van der Waals surface area contributed by atoms with Crippen LogP contribution in [0, 0.1) is 6.92 Å².